The molecular formula is C14H18N2O3. The first-order chi connectivity index (χ1) is 9.20. The van der Waals surface area contributed by atoms with Crippen molar-refractivity contribution in [2.24, 2.45) is 11.1 Å². The van der Waals surface area contributed by atoms with Crippen molar-refractivity contribution in [3.8, 4) is 5.75 Å². The molecule has 0 bridgehead atoms. The molecule has 0 saturated carbocycles. The average Bonchev–Trinajstić information content (AvgIpc) is 2.45. The number of benzene rings is 1. The van der Waals surface area contributed by atoms with Crippen LogP contribution in [-0.4, -0.2) is 41.4 Å². The molecule has 5 nitrogen and oxygen atoms in total. The van der Waals surface area contributed by atoms with E-state index in [9.17, 15) is 4.79 Å². The average molecular weight is 262 g/mol. The summed E-state index contributed by atoms with van der Waals surface area (Å²) >= 11 is 0. The third-order valence-electron chi connectivity index (χ3n) is 3.29. The minimum atomic E-state index is -0.0345. The molecule has 1 fully saturated rings. The Kier molecular flexibility index (Phi) is 4.39. The van der Waals surface area contributed by atoms with Gasteiger partial charge in [0.05, 0.1) is 5.71 Å². The molecule has 19 heavy (non-hydrogen) atoms. The number of nitrogens with zero attached hydrogens (tertiary/aromatic N) is 2. The molecule has 1 amide bonds. The minimum absolute atomic E-state index is 0.0345. The van der Waals surface area contributed by atoms with Crippen molar-refractivity contribution >= 4 is 11.6 Å². The third-order valence-corrected chi connectivity index (χ3v) is 3.29. The topological polar surface area (TPSA) is 62.1 Å². The summed E-state index contributed by atoms with van der Waals surface area (Å²) in [5.74, 6) is 0.755. The molecular weight excluding hydrogens is 244 g/mol. The second-order valence-corrected chi connectivity index (χ2v) is 4.68. The summed E-state index contributed by atoms with van der Waals surface area (Å²) in [4.78, 5) is 13.8. The maximum absolute atomic E-state index is 12.0. The van der Waals surface area contributed by atoms with Crippen LogP contribution in [0.25, 0.3) is 0 Å². The van der Waals surface area contributed by atoms with E-state index in [4.69, 9.17) is 9.94 Å². The van der Waals surface area contributed by atoms with Gasteiger partial charge in [0, 0.05) is 25.4 Å². The van der Waals surface area contributed by atoms with Crippen molar-refractivity contribution in [1.82, 2.24) is 4.90 Å². The van der Waals surface area contributed by atoms with E-state index in [0.717, 1.165) is 5.71 Å². The van der Waals surface area contributed by atoms with E-state index >= 15 is 0 Å². The zero-order valence-electron chi connectivity index (χ0n) is 11.0. The number of rotatable bonds is 3. The van der Waals surface area contributed by atoms with Gasteiger partial charge in [0.25, 0.3) is 5.91 Å². The van der Waals surface area contributed by atoms with Gasteiger partial charge in [-0.15, -0.1) is 0 Å². The number of carbonyl (C=O) groups excluding carboxylic acids is 1. The number of hydrogen-bond donors (Lipinski definition) is 1. The Morgan fingerprint density at radius 1 is 1.47 bits per heavy atom. The van der Waals surface area contributed by atoms with Gasteiger partial charge in [-0.1, -0.05) is 30.3 Å². The van der Waals surface area contributed by atoms with Crippen LogP contribution in [-0.2, 0) is 4.79 Å². The molecule has 1 unspecified atom stereocenters. The van der Waals surface area contributed by atoms with E-state index in [-0.39, 0.29) is 18.4 Å². The lowest BCUT2D eigenvalue weighted by Crippen LogP contribution is -2.45. The molecule has 1 N–H and O–H groups in total. The molecule has 1 heterocycles. The lowest BCUT2D eigenvalue weighted by atomic mass is 9.98. The summed E-state index contributed by atoms with van der Waals surface area (Å²) in [7, 11) is 0. The van der Waals surface area contributed by atoms with E-state index in [1.807, 2.05) is 37.3 Å². The normalized spacial score (nSPS) is 21.4. The largest absolute Gasteiger partial charge is 0.484 e. The molecule has 2 rings (SSSR count). The zero-order valence-corrected chi connectivity index (χ0v) is 11.0. The number of para-hydroxylation sites is 1. The fourth-order valence-corrected chi connectivity index (χ4v) is 2.15. The van der Waals surface area contributed by atoms with Gasteiger partial charge in [-0.05, 0) is 12.1 Å². The molecule has 102 valence electrons. The Balaban J connectivity index is 1.84. The Morgan fingerprint density at radius 3 is 2.84 bits per heavy atom. The SMILES string of the molecule is CC1CN(C(=O)COc2ccccc2)CC/C1=N\O. The molecule has 1 aromatic rings. The van der Waals surface area contributed by atoms with Crippen LogP contribution in [0.1, 0.15) is 13.3 Å². The van der Waals surface area contributed by atoms with E-state index in [0.29, 0.717) is 25.3 Å². The van der Waals surface area contributed by atoms with E-state index in [2.05, 4.69) is 5.16 Å². The summed E-state index contributed by atoms with van der Waals surface area (Å²) < 4.78 is 5.44. The highest BCUT2D eigenvalue weighted by Gasteiger charge is 2.25. The summed E-state index contributed by atoms with van der Waals surface area (Å²) in [6, 6.07) is 9.28. The molecule has 1 atom stereocenters. The summed E-state index contributed by atoms with van der Waals surface area (Å²) in [6.45, 7) is 3.16. The van der Waals surface area contributed by atoms with Crippen LogP contribution < -0.4 is 4.74 Å². The monoisotopic (exact) mass is 262 g/mol. The van der Waals surface area contributed by atoms with E-state index in [1.54, 1.807) is 4.90 Å². The third kappa shape index (κ3) is 3.47. The number of amides is 1. The molecule has 1 aromatic carbocycles. The first-order valence-corrected chi connectivity index (χ1v) is 6.37. The van der Waals surface area contributed by atoms with E-state index < -0.39 is 0 Å². The van der Waals surface area contributed by atoms with Crippen molar-refractivity contribution in [1.29, 1.82) is 0 Å². The smallest absolute Gasteiger partial charge is 0.260 e. The van der Waals surface area contributed by atoms with Crippen LogP contribution in [0.15, 0.2) is 35.5 Å². The van der Waals surface area contributed by atoms with Crippen LogP contribution in [0.3, 0.4) is 0 Å². The van der Waals surface area contributed by atoms with Gasteiger partial charge < -0.3 is 14.8 Å². The highest BCUT2D eigenvalue weighted by molar-refractivity contribution is 5.89. The van der Waals surface area contributed by atoms with Crippen molar-refractivity contribution in [3.63, 3.8) is 0 Å². The lowest BCUT2D eigenvalue weighted by molar-refractivity contribution is -0.134. The first kappa shape index (κ1) is 13.4. The number of oxime groups is 1. The quantitative estimate of drug-likeness (QED) is 0.667. The molecule has 0 radical (unpaired) electrons. The predicted octanol–water partition coefficient (Wildman–Crippen LogP) is 1.76. The van der Waals surface area contributed by atoms with Gasteiger partial charge in [0.2, 0.25) is 0 Å². The van der Waals surface area contributed by atoms with Crippen molar-refractivity contribution in [3.05, 3.63) is 30.3 Å². The fourth-order valence-electron chi connectivity index (χ4n) is 2.15. The first-order valence-electron chi connectivity index (χ1n) is 6.37. The van der Waals surface area contributed by atoms with Crippen molar-refractivity contribution in [2.75, 3.05) is 19.7 Å². The molecule has 1 aliphatic rings. The number of likely N-dealkylation sites (tertiary alicyclic amines) is 1. The Morgan fingerprint density at radius 2 is 2.21 bits per heavy atom. The Labute approximate surface area is 112 Å². The minimum Gasteiger partial charge on any atom is -0.484 e. The van der Waals surface area contributed by atoms with Crippen molar-refractivity contribution < 1.29 is 14.7 Å². The number of carbonyl (C=O) groups is 1. The lowest BCUT2D eigenvalue weighted by Gasteiger charge is -2.31. The molecule has 5 heteroatoms. The van der Waals surface area contributed by atoms with Gasteiger partial charge in [-0.3, -0.25) is 4.79 Å². The summed E-state index contributed by atoms with van der Waals surface area (Å²) in [5.41, 5.74) is 0.757. The Hall–Kier alpha value is -2.04. The standard InChI is InChI=1S/C14H18N2O3/c1-11-9-16(8-7-13(11)15-18)14(17)10-19-12-5-3-2-4-6-12/h2-6,11,18H,7-10H2,1H3/b15-13+. The second kappa shape index (κ2) is 6.22. The Bertz CT molecular complexity index is 459. The predicted molar refractivity (Wildman–Crippen MR) is 71.5 cm³/mol. The molecule has 0 aromatic heterocycles. The van der Waals surface area contributed by atoms with Gasteiger partial charge in [0.15, 0.2) is 6.61 Å². The van der Waals surface area contributed by atoms with Crippen LogP contribution >= 0.6 is 0 Å². The van der Waals surface area contributed by atoms with Crippen LogP contribution in [0.2, 0.25) is 0 Å². The van der Waals surface area contributed by atoms with Crippen LogP contribution in [0.5, 0.6) is 5.75 Å². The highest BCUT2D eigenvalue weighted by Crippen LogP contribution is 2.14. The van der Waals surface area contributed by atoms with Crippen molar-refractivity contribution in [2.45, 2.75) is 13.3 Å². The summed E-state index contributed by atoms with van der Waals surface area (Å²) in [5, 5.41) is 12.1. The molecule has 1 saturated heterocycles. The summed E-state index contributed by atoms with van der Waals surface area (Å²) in [6.07, 6.45) is 0.620. The van der Waals surface area contributed by atoms with Crippen LogP contribution in [0, 0.1) is 5.92 Å². The second-order valence-electron chi connectivity index (χ2n) is 4.68. The van der Waals surface area contributed by atoms with E-state index in [1.165, 1.54) is 0 Å². The van der Waals surface area contributed by atoms with Crippen LogP contribution in [0.4, 0.5) is 0 Å². The van der Waals surface area contributed by atoms with Gasteiger partial charge in [-0.2, -0.15) is 0 Å². The maximum Gasteiger partial charge on any atom is 0.260 e. The maximum atomic E-state index is 12.0. The number of ether oxygens (including phenoxy) is 1. The molecule has 0 aliphatic carbocycles. The highest BCUT2D eigenvalue weighted by atomic mass is 16.5. The molecule has 1 aliphatic heterocycles. The molecule has 0 spiro atoms. The number of hydrogen-bond acceptors (Lipinski definition) is 4. The van der Waals surface area contributed by atoms with Gasteiger partial charge >= 0.3 is 0 Å². The fraction of sp³-hybridized carbons (Fsp3) is 0.429. The zero-order chi connectivity index (χ0) is 13.7. The number of piperidine rings is 1. The van der Waals surface area contributed by atoms with Gasteiger partial charge in [-0.25, -0.2) is 0 Å². The van der Waals surface area contributed by atoms with Gasteiger partial charge in [0.1, 0.15) is 5.75 Å².